The van der Waals surface area contributed by atoms with Crippen LogP contribution in [0.4, 0.5) is 5.69 Å². The van der Waals surface area contributed by atoms with Crippen molar-refractivity contribution in [3.05, 3.63) is 52.9 Å². The number of hydrogen-bond acceptors (Lipinski definition) is 4. The van der Waals surface area contributed by atoms with Crippen LogP contribution in [0.25, 0.3) is 0 Å². The Balaban J connectivity index is 1.47. The Kier molecular flexibility index (Phi) is 4.85. The van der Waals surface area contributed by atoms with Gasteiger partial charge in [0.2, 0.25) is 11.8 Å². The number of furan rings is 1. The lowest BCUT2D eigenvalue weighted by Crippen LogP contribution is -2.43. The molecule has 8 heteroatoms. The molecule has 1 aromatic heterocycles. The topological polar surface area (TPSA) is 74.1 Å². The highest BCUT2D eigenvalue weighted by molar-refractivity contribution is 6.31. The molecule has 146 valence electrons. The number of carbonyl (C=O) groups is 3. The third kappa shape index (κ3) is 3.49. The van der Waals surface area contributed by atoms with Crippen molar-refractivity contribution in [3.8, 4) is 0 Å². The van der Waals surface area contributed by atoms with Crippen molar-refractivity contribution in [1.29, 1.82) is 0 Å². The van der Waals surface area contributed by atoms with Crippen LogP contribution in [0, 0.1) is 6.92 Å². The van der Waals surface area contributed by atoms with Crippen molar-refractivity contribution in [2.45, 2.75) is 25.8 Å². The molecule has 0 N–H and O–H groups in total. The highest BCUT2D eigenvalue weighted by Gasteiger charge is 2.38. The largest absolute Gasteiger partial charge is 0.459 e. The molecule has 2 fully saturated rings. The Bertz CT molecular complexity index is 924. The van der Waals surface area contributed by atoms with Gasteiger partial charge in [-0.1, -0.05) is 17.7 Å². The molecule has 1 saturated carbocycles. The van der Waals surface area contributed by atoms with Gasteiger partial charge in [-0.15, -0.1) is 0 Å². The number of hydrogen-bond donors (Lipinski definition) is 0. The summed E-state index contributed by atoms with van der Waals surface area (Å²) in [7, 11) is 0. The van der Waals surface area contributed by atoms with E-state index >= 15 is 0 Å². The van der Waals surface area contributed by atoms with Gasteiger partial charge in [0.25, 0.3) is 5.91 Å². The van der Waals surface area contributed by atoms with E-state index in [1.165, 1.54) is 11.2 Å². The summed E-state index contributed by atoms with van der Waals surface area (Å²) in [5, 5.41) is 0.569. The molecule has 0 atom stereocenters. The normalized spacial score (nSPS) is 16.6. The maximum absolute atomic E-state index is 12.8. The minimum atomic E-state index is -0.297. The Morgan fingerprint density at radius 2 is 2.04 bits per heavy atom. The first-order chi connectivity index (χ1) is 13.5. The lowest BCUT2D eigenvalue weighted by Gasteiger charge is -2.24. The lowest BCUT2D eigenvalue weighted by molar-refractivity contribution is -0.132. The van der Waals surface area contributed by atoms with Crippen LogP contribution in [0.5, 0.6) is 0 Å². The first kappa shape index (κ1) is 18.6. The molecular weight excluding hydrogens is 382 g/mol. The van der Waals surface area contributed by atoms with E-state index in [0.717, 1.165) is 18.4 Å². The zero-order valence-corrected chi connectivity index (χ0v) is 16.2. The fourth-order valence-electron chi connectivity index (χ4n) is 3.35. The second-order valence-electron chi connectivity index (χ2n) is 7.08. The lowest BCUT2D eigenvalue weighted by atomic mass is 10.2. The highest BCUT2D eigenvalue weighted by Crippen LogP contribution is 2.30. The minimum absolute atomic E-state index is 0.0156. The fraction of sp³-hybridized carbons (Fsp3) is 0.350. The standard InChI is InChI=1S/C20H20ClN3O4/c1-13-15(21)4-2-5-16(13)24-12-22(10-19(24)26)18(25)11-23(14-7-8-14)20(27)17-6-3-9-28-17/h2-6,9,14H,7-8,10-12H2,1H3. The Labute approximate surface area is 167 Å². The number of halogens is 1. The summed E-state index contributed by atoms with van der Waals surface area (Å²) in [5.74, 6) is -0.515. The van der Waals surface area contributed by atoms with Crippen molar-refractivity contribution in [1.82, 2.24) is 9.80 Å². The summed E-state index contributed by atoms with van der Waals surface area (Å²) in [6.07, 6.45) is 3.17. The number of benzene rings is 1. The van der Waals surface area contributed by atoms with E-state index in [4.69, 9.17) is 16.0 Å². The van der Waals surface area contributed by atoms with Crippen LogP contribution in [0.2, 0.25) is 5.02 Å². The first-order valence-corrected chi connectivity index (χ1v) is 9.51. The quantitative estimate of drug-likeness (QED) is 0.772. The number of anilines is 1. The molecule has 2 aromatic rings. The van der Waals surface area contributed by atoms with Gasteiger partial charge in [0.1, 0.15) is 19.8 Å². The van der Waals surface area contributed by atoms with Gasteiger partial charge in [0.15, 0.2) is 5.76 Å². The van der Waals surface area contributed by atoms with Crippen LogP contribution in [-0.4, -0.2) is 53.3 Å². The summed E-state index contributed by atoms with van der Waals surface area (Å²) in [6.45, 7) is 1.90. The first-order valence-electron chi connectivity index (χ1n) is 9.13. The van der Waals surface area contributed by atoms with E-state index < -0.39 is 0 Å². The summed E-state index contributed by atoms with van der Waals surface area (Å²) >= 11 is 6.16. The molecular formula is C20H20ClN3O4. The van der Waals surface area contributed by atoms with Crippen LogP contribution in [-0.2, 0) is 9.59 Å². The van der Waals surface area contributed by atoms with Gasteiger partial charge in [0, 0.05) is 16.8 Å². The zero-order chi connectivity index (χ0) is 19.8. The molecule has 28 heavy (non-hydrogen) atoms. The van der Waals surface area contributed by atoms with Gasteiger partial charge < -0.3 is 14.2 Å². The summed E-state index contributed by atoms with van der Waals surface area (Å²) < 4.78 is 5.19. The predicted molar refractivity (Wildman–Crippen MR) is 103 cm³/mol. The number of nitrogens with zero attached hydrogens (tertiary/aromatic N) is 3. The molecule has 0 unspecified atom stereocenters. The maximum atomic E-state index is 12.8. The molecule has 1 saturated heterocycles. The Hall–Kier alpha value is -2.80. The molecule has 3 amide bonds. The molecule has 1 aromatic carbocycles. The number of carbonyl (C=O) groups excluding carboxylic acids is 3. The zero-order valence-electron chi connectivity index (χ0n) is 15.4. The predicted octanol–water partition coefficient (Wildman–Crippen LogP) is 2.68. The molecule has 0 radical (unpaired) electrons. The average molecular weight is 402 g/mol. The second-order valence-corrected chi connectivity index (χ2v) is 7.49. The number of amides is 3. The van der Waals surface area contributed by atoms with E-state index in [9.17, 15) is 14.4 Å². The SMILES string of the molecule is Cc1c(Cl)cccc1N1CN(C(=O)CN(C(=O)c2ccco2)C2CC2)CC1=O. The smallest absolute Gasteiger partial charge is 0.290 e. The summed E-state index contributed by atoms with van der Waals surface area (Å²) in [6, 6.07) is 8.63. The molecule has 2 aliphatic rings. The Morgan fingerprint density at radius 1 is 1.25 bits per heavy atom. The van der Waals surface area contributed by atoms with E-state index in [2.05, 4.69) is 0 Å². The van der Waals surface area contributed by atoms with Gasteiger partial charge >= 0.3 is 0 Å². The number of rotatable bonds is 5. The second kappa shape index (κ2) is 7.31. The summed E-state index contributed by atoms with van der Waals surface area (Å²) in [4.78, 5) is 42.5. The van der Waals surface area contributed by atoms with Gasteiger partial charge in [0.05, 0.1) is 6.26 Å². The van der Waals surface area contributed by atoms with Gasteiger partial charge in [-0.2, -0.15) is 0 Å². The van der Waals surface area contributed by atoms with Gasteiger partial charge in [-0.3, -0.25) is 19.3 Å². The van der Waals surface area contributed by atoms with Crippen molar-refractivity contribution in [3.63, 3.8) is 0 Å². The third-order valence-corrected chi connectivity index (χ3v) is 5.52. The molecule has 1 aliphatic heterocycles. The molecule has 0 bridgehead atoms. The van der Waals surface area contributed by atoms with Crippen LogP contribution in [0.3, 0.4) is 0 Å². The molecule has 0 spiro atoms. The average Bonchev–Trinajstić information content (AvgIpc) is 3.21. The third-order valence-electron chi connectivity index (χ3n) is 5.11. The fourth-order valence-corrected chi connectivity index (χ4v) is 3.52. The van der Waals surface area contributed by atoms with Crippen LogP contribution >= 0.6 is 11.6 Å². The Morgan fingerprint density at radius 3 is 2.71 bits per heavy atom. The van der Waals surface area contributed by atoms with Gasteiger partial charge in [-0.25, -0.2) is 0 Å². The van der Waals surface area contributed by atoms with Crippen LogP contribution < -0.4 is 4.90 Å². The van der Waals surface area contributed by atoms with E-state index in [1.807, 2.05) is 13.0 Å². The van der Waals surface area contributed by atoms with Crippen LogP contribution in [0.15, 0.2) is 41.0 Å². The molecule has 7 nitrogen and oxygen atoms in total. The highest BCUT2D eigenvalue weighted by atomic mass is 35.5. The van der Waals surface area contributed by atoms with E-state index in [-0.39, 0.29) is 49.3 Å². The van der Waals surface area contributed by atoms with Gasteiger partial charge in [-0.05, 0) is 49.6 Å². The minimum Gasteiger partial charge on any atom is -0.459 e. The van der Waals surface area contributed by atoms with Crippen molar-refractivity contribution in [2.24, 2.45) is 0 Å². The van der Waals surface area contributed by atoms with E-state index in [1.54, 1.807) is 34.1 Å². The summed E-state index contributed by atoms with van der Waals surface area (Å²) in [5.41, 5.74) is 1.48. The molecule has 2 heterocycles. The van der Waals surface area contributed by atoms with Crippen LogP contribution in [0.1, 0.15) is 29.0 Å². The van der Waals surface area contributed by atoms with Crippen molar-refractivity contribution < 1.29 is 18.8 Å². The maximum Gasteiger partial charge on any atom is 0.290 e. The van der Waals surface area contributed by atoms with E-state index in [0.29, 0.717) is 10.7 Å². The molecule has 1 aliphatic carbocycles. The van der Waals surface area contributed by atoms with Crippen molar-refractivity contribution in [2.75, 3.05) is 24.7 Å². The molecule has 4 rings (SSSR count). The van der Waals surface area contributed by atoms with Crippen molar-refractivity contribution >= 4 is 35.0 Å². The monoisotopic (exact) mass is 401 g/mol.